The Morgan fingerprint density at radius 3 is 2.62 bits per heavy atom. The van der Waals surface area contributed by atoms with E-state index >= 15 is 0 Å². The molecule has 0 fully saturated rings. The van der Waals surface area contributed by atoms with Crippen molar-refractivity contribution in [2.75, 3.05) is 0 Å². The van der Waals surface area contributed by atoms with Gasteiger partial charge in [0.2, 0.25) is 5.88 Å². The number of carbonyl (C=O) groups is 1. The summed E-state index contributed by atoms with van der Waals surface area (Å²) in [5.74, 6) is 1.55. The van der Waals surface area contributed by atoms with Crippen LogP contribution in [0.4, 0.5) is 0 Å². The zero-order chi connectivity index (χ0) is 20.0. The summed E-state index contributed by atoms with van der Waals surface area (Å²) in [4.78, 5) is 12.9. The number of hydrogen-bond acceptors (Lipinski definition) is 3. The van der Waals surface area contributed by atoms with Gasteiger partial charge < -0.3 is 4.74 Å². The molecule has 0 spiro atoms. The first-order chi connectivity index (χ1) is 14.1. The van der Waals surface area contributed by atoms with Crippen LogP contribution in [0.1, 0.15) is 47.6 Å². The van der Waals surface area contributed by atoms with Crippen molar-refractivity contribution in [3.63, 3.8) is 0 Å². The minimum atomic E-state index is -0.164. The lowest BCUT2D eigenvalue weighted by Gasteiger charge is -2.31. The van der Waals surface area contributed by atoms with E-state index in [9.17, 15) is 4.79 Å². The minimum absolute atomic E-state index is 0.164. The molecular formula is C24H21ClN2O2. The lowest BCUT2D eigenvalue weighted by Crippen LogP contribution is -2.26. The van der Waals surface area contributed by atoms with Gasteiger partial charge in [-0.2, -0.15) is 5.10 Å². The first-order valence-electron chi connectivity index (χ1n) is 9.92. The Bertz CT molecular complexity index is 1110. The van der Waals surface area contributed by atoms with Crippen LogP contribution in [-0.2, 0) is 11.3 Å². The molecule has 5 heteroatoms. The SMILES string of the molecule is Cc1nn(Cc2ccccc2)c2c1C(c1ccc(Cl)cc1)C1=C(CCCC1=O)O2. The van der Waals surface area contributed by atoms with Crippen molar-refractivity contribution in [3.8, 4) is 5.88 Å². The highest BCUT2D eigenvalue weighted by atomic mass is 35.5. The number of benzene rings is 2. The molecule has 29 heavy (non-hydrogen) atoms. The molecule has 0 saturated carbocycles. The van der Waals surface area contributed by atoms with Gasteiger partial charge >= 0.3 is 0 Å². The molecule has 2 aliphatic rings. The van der Waals surface area contributed by atoms with Crippen LogP contribution in [0, 0.1) is 6.92 Å². The third-order valence-corrected chi connectivity index (χ3v) is 5.96. The van der Waals surface area contributed by atoms with Crippen LogP contribution in [-0.4, -0.2) is 15.6 Å². The van der Waals surface area contributed by atoms with Crippen molar-refractivity contribution >= 4 is 17.4 Å². The van der Waals surface area contributed by atoms with Crippen LogP contribution >= 0.6 is 11.6 Å². The first-order valence-corrected chi connectivity index (χ1v) is 10.3. The lowest BCUT2D eigenvalue weighted by atomic mass is 9.77. The van der Waals surface area contributed by atoms with Crippen molar-refractivity contribution < 1.29 is 9.53 Å². The molecule has 1 aliphatic heterocycles. The largest absolute Gasteiger partial charge is 0.443 e. The van der Waals surface area contributed by atoms with Crippen molar-refractivity contribution in [2.45, 2.75) is 38.6 Å². The fourth-order valence-corrected chi connectivity index (χ4v) is 4.52. The molecule has 4 nitrogen and oxygen atoms in total. The van der Waals surface area contributed by atoms with Gasteiger partial charge in [0.25, 0.3) is 0 Å². The maximum absolute atomic E-state index is 12.9. The average molecular weight is 405 g/mol. The number of aryl methyl sites for hydroxylation is 1. The van der Waals surface area contributed by atoms with E-state index in [0.29, 0.717) is 18.0 Å². The second-order valence-corrected chi connectivity index (χ2v) is 8.08. The van der Waals surface area contributed by atoms with Gasteiger partial charge in [-0.05, 0) is 36.6 Å². The van der Waals surface area contributed by atoms with E-state index in [2.05, 4.69) is 12.1 Å². The Labute approximate surface area is 174 Å². The molecule has 0 bridgehead atoms. The Balaban J connectivity index is 1.66. The van der Waals surface area contributed by atoms with Gasteiger partial charge in [0.1, 0.15) is 5.76 Å². The Kier molecular flexibility index (Phi) is 4.51. The van der Waals surface area contributed by atoms with Gasteiger partial charge in [-0.3, -0.25) is 4.79 Å². The van der Waals surface area contributed by atoms with Gasteiger partial charge in [-0.15, -0.1) is 0 Å². The molecule has 0 amide bonds. The summed E-state index contributed by atoms with van der Waals surface area (Å²) < 4.78 is 8.26. The number of rotatable bonds is 3. The Hall–Kier alpha value is -2.85. The molecule has 0 saturated heterocycles. The van der Waals surface area contributed by atoms with E-state index < -0.39 is 0 Å². The number of hydrogen-bond donors (Lipinski definition) is 0. The second-order valence-electron chi connectivity index (χ2n) is 7.65. The molecule has 1 aliphatic carbocycles. The monoisotopic (exact) mass is 404 g/mol. The quantitative estimate of drug-likeness (QED) is 0.585. The number of carbonyl (C=O) groups excluding carboxylic acids is 1. The zero-order valence-corrected chi connectivity index (χ0v) is 16.9. The molecule has 5 rings (SSSR count). The number of ether oxygens (including phenoxy) is 1. The van der Waals surface area contributed by atoms with E-state index in [0.717, 1.165) is 52.4 Å². The van der Waals surface area contributed by atoms with Crippen molar-refractivity contribution in [2.24, 2.45) is 0 Å². The maximum Gasteiger partial charge on any atom is 0.222 e. The number of halogens is 1. The van der Waals surface area contributed by atoms with Crippen molar-refractivity contribution in [3.05, 3.63) is 93.3 Å². The van der Waals surface area contributed by atoms with Gasteiger partial charge in [-0.1, -0.05) is 54.1 Å². The second kappa shape index (κ2) is 7.20. The highest BCUT2D eigenvalue weighted by Crippen LogP contribution is 2.48. The smallest absolute Gasteiger partial charge is 0.222 e. The summed E-state index contributed by atoms with van der Waals surface area (Å²) in [5, 5.41) is 5.47. The Morgan fingerprint density at radius 1 is 1.10 bits per heavy atom. The van der Waals surface area contributed by atoms with Gasteiger partial charge in [0.15, 0.2) is 5.78 Å². The van der Waals surface area contributed by atoms with E-state index in [1.54, 1.807) is 0 Å². The van der Waals surface area contributed by atoms with E-state index in [1.165, 1.54) is 0 Å². The summed E-state index contributed by atoms with van der Waals surface area (Å²) in [5.41, 5.74) is 4.86. The topological polar surface area (TPSA) is 44.1 Å². The van der Waals surface area contributed by atoms with Crippen LogP contribution in [0.3, 0.4) is 0 Å². The summed E-state index contributed by atoms with van der Waals surface area (Å²) in [6, 6.07) is 18.0. The zero-order valence-electron chi connectivity index (χ0n) is 16.2. The molecule has 146 valence electrons. The maximum atomic E-state index is 12.9. The minimum Gasteiger partial charge on any atom is -0.443 e. The van der Waals surface area contributed by atoms with E-state index in [4.69, 9.17) is 21.4 Å². The molecule has 2 aromatic carbocycles. The van der Waals surface area contributed by atoms with Crippen molar-refractivity contribution in [1.82, 2.24) is 9.78 Å². The van der Waals surface area contributed by atoms with Crippen LogP contribution < -0.4 is 4.74 Å². The van der Waals surface area contributed by atoms with Gasteiger partial charge in [0, 0.05) is 34.9 Å². The third kappa shape index (κ3) is 3.18. The fourth-order valence-electron chi connectivity index (χ4n) is 4.39. The number of ketones is 1. The highest BCUT2D eigenvalue weighted by molar-refractivity contribution is 6.30. The summed E-state index contributed by atoms with van der Waals surface area (Å²) in [6.07, 6.45) is 2.17. The molecule has 1 unspecified atom stereocenters. The first kappa shape index (κ1) is 18.2. The number of Topliss-reactive ketones (excluding diaryl/α,β-unsaturated/α-hetero) is 1. The summed E-state index contributed by atoms with van der Waals surface area (Å²) in [7, 11) is 0. The van der Waals surface area contributed by atoms with Crippen LogP contribution in [0.15, 0.2) is 65.9 Å². The highest BCUT2D eigenvalue weighted by Gasteiger charge is 2.40. The molecule has 3 aromatic rings. The van der Waals surface area contributed by atoms with Gasteiger partial charge in [-0.25, -0.2) is 4.68 Å². The molecule has 0 radical (unpaired) electrons. The van der Waals surface area contributed by atoms with Crippen LogP contribution in [0.5, 0.6) is 5.88 Å². The third-order valence-electron chi connectivity index (χ3n) is 5.71. The van der Waals surface area contributed by atoms with E-state index in [1.807, 2.05) is 54.1 Å². The number of allylic oxidation sites excluding steroid dienone is 2. The normalized spacial score (nSPS) is 18.3. The molecule has 1 atom stereocenters. The molecular weight excluding hydrogens is 384 g/mol. The summed E-state index contributed by atoms with van der Waals surface area (Å²) >= 11 is 6.12. The fraction of sp³-hybridized carbons (Fsp3) is 0.250. The standard InChI is InChI=1S/C24H21ClN2O2/c1-15-21-22(17-10-12-18(25)13-11-17)23-19(28)8-5-9-20(23)29-24(21)27(26-15)14-16-6-3-2-4-7-16/h2-4,6-7,10-13,22H,5,8-9,14H2,1H3. The molecule has 2 heterocycles. The Morgan fingerprint density at radius 2 is 1.86 bits per heavy atom. The summed E-state index contributed by atoms with van der Waals surface area (Å²) in [6.45, 7) is 2.62. The van der Waals surface area contributed by atoms with Crippen LogP contribution in [0.2, 0.25) is 5.02 Å². The lowest BCUT2D eigenvalue weighted by molar-refractivity contribution is -0.116. The van der Waals surface area contributed by atoms with Crippen LogP contribution in [0.25, 0.3) is 0 Å². The number of aromatic nitrogens is 2. The number of nitrogens with zero attached hydrogens (tertiary/aromatic N) is 2. The van der Waals surface area contributed by atoms with Crippen molar-refractivity contribution in [1.29, 1.82) is 0 Å². The van der Waals surface area contributed by atoms with Gasteiger partial charge in [0.05, 0.1) is 12.2 Å². The predicted octanol–water partition coefficient (Wildman–Crippen LogP) is 5.42. The van der Waals surface area contributed by atoms with E-state index in [-0.39, 0.29) is 11.7 Å². The number of fused-ring (bicyclic) bond motifs is 1. The molecule has 0 N–H and O–H groups in total. The predicted molar refractivity (Wildman–Crippen MR) is 112 cm³/mol. The average Bonchev–Trinajstić information content (AvgIpc) is 3.03. The molecule has 1 aromatic heterocycles.